The zero-order valence-electron chi connectivity index (χ0n) is 4.52. The van der Waals surface area contributed by atoms with Crippen molar-refractivity contribution in [1.82, 2.24) is 0 Å². The Kier molecular flexibility index (Phi) is 2.40. The van der Waals surface area contributed by atoms with Gasteiger partial charge < -0.3 is 10.0 Å². The van der Waals surface area contributed by atoms with Crippen LogP contribution < -0.4 is 5.23 Å². The first-order valence-electron chi connectivity index (χ1n) is 1.97. The Hall–Kier alpha value is -0.540. The molecule has 0 saturated heterocycles. The highest BCUT2D eigenvalue weighted by Gasteiger charge is 1.83. The van der Waals surface area contributed by atoms with Crippen LogP contribution in [-0.4, -0.2) is 7.05 Å². The topological polar surface area (TPSA) is 36.7 Å². The molecular weight excluding hydrogens is 94.0 g/mol. The lowest BCUT2D eigenvalue weighted by atomic mass is 10.7. The van der Waals surface area contributed by atoms with Gasteiger partial charge in [-0.05, 0) is 6.92 Å². The van der Waals surface area contributed by atoms with Crippen molar-refractivity contribution in [3.8, 4) is 0 Å². The Balaban J connectivity index is 3.13. The number of hydrogen-bond acceptors (Lipinski definition) is 2. The molecule has 0 rings (SSSR count). The summed E-state index contributed by atoms with van der Waals surface area (Å²) in [4.78, 5) is 4.42. The quantitative estimate of drug-likeness (QED) is 0.376. The fraction of sp³-hybridized carbons (Fsp3) is 0.500. The predicted molar refractivity (Wildman–Crippen MR) is 26.2 cm³/mol. The molecule has 1 unspecified atom stereocenters. The zero-order chi connectivity index (χ0) is 5.86. The molecule has 0 heterocycles. The van der Waals surface area contributed by atoms with Crippen molar-refractivity contribution in [3.05, 3.63) is 17.5 Å². The summed E-state index contributed by atoms with van der Waals surface area (Å²) in [7, 11) is 1.34. The van der Waals surface area contributed by atoms with E-state index >= 15 is 0 Å². The van der Waals surface area contributed by atoms with Crippen LogP contribution in [0.5, 0.6) is 0 Å². The van der Waals surface area contributed by atoms with Crippen molar-refractivity contribution in [3.63, 3.8) is 0 Å². The Morgan fingerprint density at radius 3 is 2.29 bits per heavy atom. The minimum absolute atomic E-state index is 0.312. The molecule has 7 heavy (non-hydrogen) atoms. The minimum atomic E-state index is -0.312. The molecule has 0 aliphatic carbocycles. The van der Waals surface area contributed by atoms with Crippen LogP contribution in [0.1, 0.15) is 6.92 Å². The van der Waals surface area contributed by atoms with Gasteiger partial charge in [0.2, 0.25) is 0 Å². The fourth-order valence-electron chi connectivity index (χ4n) is 0.245. The fourth-order valence-corrected chi connectivity index (χ4v) is 0.245. The van der Waals surface area contributed by atoms with Gasteiger partial charge in [0, 0.05) is 0 Å². The number of hydrogen-bond donors (Lipinski definition) is 1. The summed E-state index contributed by atoms with van der Waals surface area (Å²) in [5.41, 5.74) is 0. The summed E-state index contributed by atoms with van der Waals surface area (Å²) in [5.74, 6) is 0.438. The smallest absolute Gasteiger partial charge is 0.157 e. The zero-order valence-corrected chi connectivity index (χ0v) is 4.52. The molecule has 1 N–H and O–H groups in total. The first-order valence-corrected chi connectivity index (χ1v) is 1.97. The van der Waals surface area contributed by atoms with E-state index in [9.17, 15) is 5.21 Å². The third-order valence-electron chi connectivity index (χ3n) is 0.318. The highest BCUT2D eigenvalue weighted by molar-refractivity contribution is 4.70. The number of allylic oxidation sites excluding steroid dienone is 1. The second-order valence-electron chi connectivity index (χ2n) is 1.30. The van der Waals surface area contributed by atoms with Crippen LogP contribution in [0.25, 0.3) is 0 Å². The number of hydroxylamine groups is 2. The molecule has 0 fully saturated rings. The molecule has 3 nitrogen and oxygen atoms in total. The molecule has 0 aromatic heterocycles. The van der Waals surface area contributed by atoms with Crippen molar-refractivity contribution in [1.29, 1.82) is 0 Å². The van der Waals surface area contributed by atoms with Crippen molar-refractivity contribution in [2.45, 2.75) is 6.92 Å². The molecule has 1 atom stereocenters. The van der Waals surface area contributed by atoms with Crippen LogP contribution in [0, 0.1) is 5.21 Å². The van der Waals surface area contributed by atoms with Gasteiger partial charge in [0.25, 0.3) is 0 Å². The summed E-state index contributed by atoms with van der Waals surface area (Å²) in [5, 5.41) is 9.66. The average Bonchev–Trinajstić information content (AvgIpc) is 1.27. The molecule has 0 aliphatic heterocycles. The second-order valence-corrected chi connectivity index (χ2v) is 1.30. The van der Waals surface area contributed by atoms with E-state index < -0.39 is 0 Å². The molecule has 0 aromatic rings. The monoisotopic (exact) mass is 103 g/mol. The first-order chi connectivity index (χ1) is 3.13. The third kappa shape index (κ3) is 5.46. The maximum atomic E-state index is 9.97. The first kappa shape index (κ1) is 6.46. The van der Waals surface area contributed by atoms with Gasteiger partial charge in [-0.1, -0.05) is 6.58 Å². The summed E-state index contributed by atoms with van der Waals surface area (Å²) in [6, 6.07) is 0. The van der Waals surface area contributed by atoms with Gasteiger partial charge in [0.15, 0.2) is 5.76 Å². The normalized spacial score (nSPS) is 13.0. The van der Waals surface area contributed by atoms with Gasteiger partial charge >= 0.3 is 0 Å². The van der Waals surface area contributed by atoms with Gasteiger partial charge in [0.05, 0.1) is 0 Å². The Bertz CT molecular complexity index is 70.1. The summed E-state index contributed by atoms with van der Waals surface area (Å²) < 4.78 is 0. The van der Waals surface area contributed by atoms with Gasteiger partial charge in [-0.3, -0.25) is 0 Å². The van der Waals surface area contributed by atoms with Crippen LogP contribution in [0.2, 0.25) is 0 Å². The molecule has 3 heteroatoms. The van der Waals surface area contributed by atoms with E-state index in [4.69, 9.17) is 0 Å². The number of nitrogens with one attached hydrogen (secondary N) is 1. The van der Waals surface area contributed by atoms with E-state index in [0.717, 1.165) is 0 Å². The van der Waals surface area contributed by atoms with Gasteiger partial charge in [-0.15, -0.1) is 0 Å². The highest BCUT2D eigenvalue weighted by atomic mass is 16.9. The van der Waals surface area contributed by atoms with Crippen LogP contribution in [0.15, 0.2) is 12.3 Å². The van der Waals surface area contributed by atoms with Crippen LogP contribution >= 0.6 is 0 Å². The molecule has 42 valence electrons. The Labute approximate surface area is 42.7 Å². The van der Waals surface area contributed by atoms with E-state index in [1.807, 2.05) is 0 Å². The maximum absolute atomic E-state index is 9.97. The minimum Gasteiger partial charge on any atom is -0.591 e. The summed E-state index contributed by atoms with van der Waals surface area (Å²) in [6.07, 6.45) is 0. The van der Waals surface area contributed by atoms with E-state index in [1.54, 1.807) is 6.92 Å². The number of quaternary nitrogens is 1. The SMILES string of the molecule is C=C(C)O[NH+](C)[O-]. The van der Waals surface area contributed by atoms with Crippen LogP contribution in [0.4, 0.5) is 0 Å². The van der Waals surface area contributed by atoms with Gasteiger partial charge in [-0.2, -0.15) is 5.23 Å². The molecule has 0 radical (unpaired) electrons. The lowest BCUT2D eigenvalue weighted by Crippen LogP contribution is -3.02. The Morgan fingerprint density at radius 2 is 2.29 bits per heavy atom. The van der Waals surface area contributed by atoms with E-state index in [1.165, 1.54) is 7.05 Å². The molecule has 0 amide bonds. The highest BCUT2D eigenvalue weighted by Crippen LogP contribution is 1.77. The van der Waals surface area contributed by atoms with Gasteiger partial charge in [0.1, 0.15) is 7.05 Å². The average molecular weight is 103 g/mol. The lowest BCUT2D eigenvalue weighted by molar-refractivity contribution is -1.03. The van der Waals surface area contributed by atoms with Crippen molar-refractivity contribution in [2.24, 2.45) is 0 Å². The van der Waals surface area contributed by atoms with E-state index in [-0.39, 0.29) is 5.23 Å². The van der Waals surface area contributed by atoms with E-state index in [2.05, 4.69) is 11.4 Å². The standard InChI is InChI=1S/C4H9NO2/c1-4(2)7-5(3)6/h5H,1H2,2-3H3. The maximum Gasteiger partial charge on any atom is 0.157 e. The largest absolute Gasteiger partial charge is 0.591 e. The van der Waals surface area contributed by atoms with Crippen LogP contribution in [-0.2, 0) is 4.84 Å². The summed E-state index contributed by atoms with van der Waals surface area (Å²) >= 11 is 0. The van der Waals surface area contributed by atoms with Gasteiger partial charge in [-0.25, -0.2) is 0 Å². The molecule has 0 aromatic carbocycles. The Morgan fingerprint density at radius 1 is 1.86 bits per heavy atom. The molecule has 0 spiro atoms. The predicted octanol–water partition coefficient (Wildman–Crippen LogP) is -0.536. The van der Waals surface area contributed by atoms with Crippen molar-refractivity contribution < 1.29 is 10.1 Å². The summed E-state index contributed by atoms with van der Waals surface area (Å²) in [6.45, 7) is 4.98. The van der Waals surface area contributed by atoms with Crippen molar-refractivity contribution >= 4 is 0 Å². The van der Waals surface area contributed by atoms with Crippen LogP contribution in [0.3, 0.4) is 0 Å². The molecule has 0 bridgehead atoms. The molecule has 0 aliphatic rings. The van der Waals surface area contributed by atoms with Crippen molar-refractivity contribution in [2.75, 3.05) is 7.05 Å². The third-order valence-corrected chi connectivity index (χ3v) is 0.318. The lowest BCUT2D eigenvalue weighted by Gasteiger charge is -2.13. The molecular formula is C4H9NO2. The second kappa shape index (κ2) is 2.60. The number of rotatable bonds is 2. The van der Waals surface area contributed by atoms with E-state index in [0.29, 0.717) is 5.76 Å². The molecule has 0 saturated carbocycles.